The van der Waals surface area contributed by atoms with Crippen LogP contribution in [0.2, 0.25) is 5.02 Å². The van der Waals surface area contributed by atoms with E-state index in [0.717, 1.165) is 49.3 Å². The number of ether oxygens (including phenoxy) is 2. The fraction of sp³-hybridized carbons (Fsp3) is 0.526. The molecule has 3 aliphatic carbocycles. The van der Waals surface area contributed by atoms with E-state index in [4.69, 9.17) is 26.8 Å². The van der Waals surface area contributed by atoms with Crippen molar-refractivity contribution in [1.29, 1.82) is 0 Å². The normalized spacial score (nSPS) is 26.5. The molecule has 0 aliphatic heterocycles. The van der Waals surface area contributed by atoms with Gasteiger partial charge in [0.2, 0.25) is 0 Å². The van der Waals surface area contributed by atoms with Gasteiger partial charge in [0.15, 0.2) is 0 Å². The molecule has 1 saturated carbocycles. The van der Waals surface area contributed by atoms with Gasteiger partial charge in [-0.25, -0.2) is 4.79 Å². The van der Waals surface area contributed by atoms with E-state index in [1.165, 1.54) is 35.2 Å². The number of nitrogens with one attached hydrogen (secondary N) is 1. The van der Waals surface area contributed by atoms with Gasteiger partial charge in [-0.15, -0.1) is 0 Å². The minimum Gasteiger partial charge on any atom is -0.493 e. The predicted molar refractivity (Wildman–Crippen MR) is 183 cm³/mol. The Hall–Kier alpha value is -3.29. The maximum atomic E-state index is 12.9. The average Bonchev–Trinajstić information content (AvgIpc) is 3.31. The third-order valence-electron chi connectivity index (χ3n) is 10.8. The molecule has 2 aromatic carbocycles. The summed E-state index contributed by atoms with van der Waals surface area (Å²) in [4.78, 5) is 17.5. The molecule has 0 amide bonds. The third-order valence-corrected chi connectivity index (χ3v) is 11.0. The largest absolute Gasteiger partial charge is 0.493 e. The van der Waals surface area contributed by atoms with Crippen molar-refractivity contribution in [1.82, 2.24) is 4.98 Å². The van der Waals surface area contributed by atoms with Gasteiger partial charge in [-0.1, -0.05) is 37.6 Å². The molecule has 1 spiro atoms. The molecular weight excluding hydrogens is 598 g/mol. The average molecular weight is 646 g/mol. The first-order valence-electron chi connectivity index (χ1n) is 17.0. The van der Waals surface area contributed by atoms with Gasteiger partial charge in [-0.2, -0.15) is 0 Å². The molecule has 1 unspecified atom stereocenters. The Morgan fingerprint density at radius 3 is 2.65 bits per heavy atom. The SMILES string of the molecule is CC(N)COc1ccc2c(c1)C1(CCC(Nc3cccc(Cl)c3)(C(=O)O)CC1)[C@@H](C[C@@H](C)COc1ccnc3c1[C@H](C)CCC3)C2. The number of nitrogens with two attached hydrogens (primary N) is 1. The van der Waals surface area contributed by atoms with E-state index >= 15 is 0 Å². The van der Waals surface area contributed by atoms with Gasteiger partial charge in [0.05, 0.1) is 6.61 Å². The number of fused-ring (bicyclic) bond motifs is 3. The lowest BCUT2D eigenvalue weighted by Crippen LogP contribution is -2.53. The standard InChI is InChI=1S/C38H48ClN3O4/c1-24(22-46-34-12-17-41-33-9-4-6-25(2)35(33)34)18-28-19-27-10-11-31(45-23-26(3)40)21-32(27)37(28)13-15-38(16-14-37,36(43)44)42-30-8-5-7-29(39)20-30/h5,7-8,10-12,17,20-21,24-26,28,42H,4,6,9,13-16,18-19,22-23,40H2,1-3H3,(H,43,44)/t24-,25-,26?,28+,37?,38?/m1/s1. The Kier molecular flexibility index (Phi) is 9.54. The van der Waals surface area contributed by atoms with Crippen molar-refractivity contribution in [3.05, 3.63) is 82.1 Å². The number of hydrogen-bond acceptors (Lipinski definition) is 6. The fourth-order valence-corrected chi connectivity index (χ4v) is 8.58. The molecule has 1 aromatic heterocycles. The molecule has 246 valence electrons. The van der Waals surface area contributed by atoms with Crippen LogP contribution in [0.1, 0.15) is 94.0 Å². The van der Waals surface area contributed by atoms with Gasteiger partial charge < -0.3 is 25.6 Å². The second-order valence-electron chi connectivity index (χ2n) is 14.3. The van der Waals surface area contributed by atoms with Crippen molar-refractivity contribution < 1.29 is 19.4 Å². The summed E-state index contributed by atoms with van der Waals surface area (Å²) in [6, 6.07) is 15.8. The first kappa shape index (κ1) is 32.6. The van der Waals surface area contributed by atoms with E-state index in [2.05, 4.69) is 42.3 Å². The quantitative estimate of drug-likeness (QED) is 0.194. The molecule has 6 rings (SSSR count). The number of anilines is 1. The van der Waals surface area contributed by atoms with Crippen LogP contribution in [0, 0.1) is 11.8 Å². The van der Waals surface area contributed by atoms with Gasteiger partial charge in [0.1, 0.15) is 23.6 Å². The highest BCUT2D eigenvalue weighted by molar-refractivity contribution is 6.30. The molecule has 0 saturated heterocycles. The first-order chi connectivity index (χ1) is 22.1. The summed E-state index contributed by atoms with van der Waals surface area (Å²) in [7, 11) is 0. The molecule has 0 radical (unpaired) electrons. The number of aliphatic carboxylic acids is 1. The minimum absolute atomic E-state index is 0.0618. The van der Waals surface area contributed by atoms with Crippen LogP contribution in [-0.2, 0) is 23.1 Å². The molecular formula is C38H48ClN3O4. The van der Waals surface area contributed by atoms with Crippen molar-refractivity contribution in [2.24, 2.45) is 17.6 Å². The molecule has 3 aliphatic rings. The van der Waals surface area contributed by atoms with Crippen molar-refractivity contribution in [3.8, 4) is 11.5 Å². The van der Waals surface area contributed by atoms with Crippen LogP contribution >= 0.6 is 11.6 Å². The monoisotopic (exact) mass is 645 g/mol. The van der Waals surface area contributed by atoms with Crippen LogP contribution in [0.5, 0.6) is 11.5 Å². The topological polar surface area (TPSA) is 107 Å². The molecule has 1 heterocycles. The second kappa shape index (κ2) is 13.4. The van der Waals surface area contributed by atoms with E-state index in [0.29, 0.717) is 48.8 Å². The van der Waals surface area contributed by atoms with Crippen molar-refractivity contribution in [2.75, 3.05) is 18.5 Å². The highest BCUT2D eigenvalue weighted by Crippen LogP contribution is 2.56. The zero-order chi connectivity index (χ0) is 32.5. The number of aryl methyl sites for hydroxylation is 1. The lowest BCUT2D eigenvalue weighted by atomic mass is 9.59. The van der Waals surface area contributed by atoms with Crippen LogP contribution in [0.25, 0.3) is 0 Å². The van der Waals surface area contributed by atoms with E-state index in [9.17, 15) is 9.90 Å². The molecule has 4 atom stereocenters. The highest BCUT2D eigenvalue weighted by atomic mass is 35.5. The first-order valence-corrected chi connectivity index (χ1v) is 17.4. The summed E-state index contributed by atoms with van der Waals surface area (Å²) in [6.07, 6.45) is 9.80. The zero-order valence-electron chi connectivity index (χ0n) is 27.4. The molecule has 46 heavy (non-hydrogen) atoms. The smallest absolute Gasteiger partial charge is 0.329 e. The number of carbonyl (C=O) groups is 1. The Balaban J connectivity index is 1.24. The predicted octanol–water partition coefficient (Wildman–Crippen LogP) is 7.93. The third kappa shape index (κ3) is 6.59. The fourth-order valence-electron chi connectivity index (χ4n) is 8.39. The summed E-state index contributed by atoms with van der Waals surface area (Å²) in [5, 5.41) is 14.5. The Morgan fingerprint density at radius 1 is 1.11 bits per heavy atom. The summed E-state index contributed by atoms with van der Waals surface area (Å²) < 4.78 is 12.6. The van der Waals surface area contributed by atoms with Crippen LogP contribution in [0.3, 0.4) is 0 Å². The van der Waals surface area contributed by atoms with Crippen molar-refractivity contribution >= 4 is 23.3 Å². The Labute approximate surface area is 278 Å². The van der Waals surface area contributed by atoms with E-state index in [1.807, 2.05) is 31.3 Å². The maximum Gasteiger partial charge on any atom is 0.329 e. The van der Waals surface area contributed by atoms with Gasteiger partial charge in [-0.3, -0.25) is 4.98 Å². The number of benzene rings is 2. The van der Waals surface area contributed by atoms with Gasteiger partial charge >= 0.3 is 5.97 Å². The second-order valence-corrected chi connectivity index (χ2v) is 14.7. The summed E-state index contributed by atoms with van der Waals surface area (Å²) in [6.45, 7) is 7.60. The van der Waals surface area contributed by atoms with Crippen molar-refractivity contribution in [2.45, 2.75) is 101 Å². The Morgan fingerprint density at radius 2 is 1.91 bits per heavy atom. The molecule has 4 N–H and O–H groups in total. The van der Waals surface area contributed by atoms with Gasteiger partial charge in [0.25, 0.3) is 0 Å². The molecule has 7 nitrogen and oxygen atoms in total. The number of carboxylic acid groups (broad SMARTS) is 1. The number of pyridine rings is 1. The van der Waals surface area contributed by atoms with E-state index in [1.54, 1.807) is 12.1 Å². The number of carboxylic acids is 1. The lowest BCUT2D eigenvalue weighted by molar-refractivity contribution is -0.144. The number of aromatic nitrogens is 1. The lowest BCUT2D eigenvalue weighted by Gasteiger charge is -2.47. The molecule has 3 aromatic rings. The highest BCUT2D eigenvalue weighted by Gasteiger charge is 2.54. The van der Waals surface area contributed by atoms with E-state index in [-0.39, 0.29) is 11.5 Å². The maximum absolute atomic E-state index is 12.9. The van der Waals surface area contributed by atoms with Gasteiger partial charge in [0, 0.05) is 34.2 Å². The van der Waals surface area contributed by atoms with Crippen LogP contribution < -0.4 is 20.5 Å². The zero-order valence-corrected chi connectivity index (χ0v) is 28.1. The van der Waals surface area contributed by atoms with Crippen LogP contribution in [0.4, 0.5) is 5.69 Å². The van der Waals surface area contributed by atoms with Crippen LogP contribution in [-0.4, -0.2) is 40.9 Å². The van der Waals surface area contributed by atoms with E-state index < -0.39 is 11.5 Å². The summed E-state index contributed by atoms with van der Waals surface area (Å²) in [5.41, 5.74) is 10.7. The Bertz CT molecular complexity index is 1550. The van der Waals surface area contributed by atoms with Crippen LogP contribution in [0.15, 0.2) is 54.7 Å². The summed E-state index contributed by atoms with van der Waals surface area (Å²) >= 11 is 6.26. The molecule has 0 bridgehead atoms. The number of rotatable bonds is 11. The summed E-state index contributed by atoms with van der Waals surface area (Å²) in [5.74, 6) is 2.15. The number of nitrogens with zero attached hydrogens (tertiary/aromatic N) is 1. The van der Waals surface area contributed by atoms with Gasteiger partial charge in [-0.05, 0) is 135 Å². The van der Waals surface area contributed by atoms with Crippen molar-refractivity contribution in [3.63, 3.8) is 0 Å². The number of hydrogen-bond donors (Lipinski definition) is 3. The number of halogens is 1. The molecule has 8 heteroatoms. The minimum atomic E-state index is -1.06. The molecule has 1 fully saturated rings.